The van der Waals surface area contributed by atoms with Crippen molar-refractivity contribution >= 4 is 27.6 Å². The van der Waals surface area contributed by atoms with Gasteiger partial charge in [-0.15, -0.1) is 0 Å². The summed E-state index contributed by atoms with van der Waals surface area (Å²) in [6.45, 7) is 0.0768. The van der Waals surface area contributed by atoms with Crippen LogP contribution < -0.4 is 0 Å². The highest BCUT2D eigenvalue weighted by molar-refractivity contribution is 9.08. The van der Waals surface area contributed by atoms with Crippen LogP contribution in [0.15, 0.2) is 48.5 Å². The molecule has 0 saturated carbocycles. The number of carbonyl (C=O) groups is 1. The van der Waals surface area contributed by atoms with Crippen LogP contribution in [0.1, 0.15) is 21.5 Å². The van der Waals surface area contributed by atoms with E-state index in [0.29, 0.717) is 16.5 Å². The van der Waals surface area contributed by atoms with Crippen molar-refractivity contribution < 1.29 is 14.5 Å². The number of nitrogens with zero attached hydrogens (tertiary/aromatic N) is 1. The van der Waals surface area contributed by atoms with Crippen LogP contribution >= 0.6 is 15.9 Å². The minimum absolute atomic E-state index is 0.00899. The lowest BCUT2D eigenvalue weighted by atomic mass is 10.1. The van der Waals surface area contributed by atoms with Crippen LogP contribution in [0.4, 0.5) is 5.69 Å². The Kier molecular flexibility index (Phi) is 5.05. The predicted octanol–water partition coefficient (Wildman–Crippen LogP) is 3.85. The normalized spacial score (nSPS) is 10.1. The first-order chi connectivity index (χ1) is 10.1. The Hall–Kier alpha value is -2.21. The number of carbonyl (C=O) groups excluding carboxylic acids is 1. The zero-order chi connectivity index (χ0) is 15.2. The highest BCUT2D eigenvalue weighted by atomic mass is 79.9. The lowest BCUT2D eigenvalue weighted by molar-refractivity contribution is -0.384. The standard InChI is InChI=1S/C15H12BrNO4/c16-9-12-3-1-2-4-14(12)15(18)21-10-11-5-7-13(8-6-11)17(19)20/h1-8H,9-10H2. The molecule has 0 heterocycles. The van der Waals surface area contributed by atoms with Crippen molar-refractivity contribution in [1.29, 1.82) is 0 Å². The van der Waals surface area contributed by atoms with Crippen LogP contribution in [0.3, 0.4) is 0 Å². The summed E-state index contributed by atoms with van der Waals surface area (Å²) in [4.78, 5) is 22.1. The van der Waals surface area contributed by atoms with E-state index < -0.39 is 10.9 Å². The molecule has 0 unspecified atom stereocenters. The Balaban J connectivity index is 2.02. The first kappa shape index (κ1) is 15.2. The van der Waals surface area contributed by atoms with Gasteiger partial charge in [0, 0.05) is 17.5 Å². The number of rotatable bonds is 5. The van der Waals surface area contributed by atoms with Crippen molar-refractivity contribution in [2.75, 3.05) is 0 Å². The second kappa shape index (κ2) is 6.99. The maximum Gasteiger partial charge on any atom is 0.338 e. The number of ether oxygens (including phenoxy) is 1. The summed E-state index contributed by atoms with van der Waals surface area (Å²) in [6, 6.07) is 13.1. The average molecular weight is 350 g/mol. The number of hydrogen-bond donors (Lipinski definition) is 0. The highest BCUT2D eigenvalue weighted by Crippen LogP contribution is 2.16. The number of esters is 1. The van der Waals surface area contributed by atoms with Gasteiger partial charge < -0.3 is 4.74 Å². The zero-order valence-corrected chi connectivity index (χ0v) is 12.6. The van der Waals surface area contributed by atoms with E-state index in [1.165, 1.54) is 12.1 Å². The van der Waals surface area contributed by atoms with Crippen molar-refractivity contribution in [3.63, 3.8) is 0 Å². The van der Waals surface area contributed by atoms with Gasteiger partial charge in [0.25, 0.3) is 5.69 Å². The van der Waals surface area contributed by atoms with Gasteiger partial charge in [-0.05, 0) is 29.3 Å². The number of alkyl halides is 1. The summed E-state index contributed by atoms with van der Waals surface area (Å²) in [6.07, 6.45) is 0. The number of non-ortho nitro benzene ring substituents is 1. The smallest absolute Gasteiger partial charge is 0.338 e. The molecule has 0 bridgehead atoms. The second-order valence-corrected chi connectivity index (χ2v) is 4.85. The lowest BCUT2D eigenvalue weighted by Crippen LogP contribution is -2.07. The number of nitro groups is 1. The van der Waals surface area contributed by atoms with E-state index in [0.717, 1.165) is 5.56 Å². The summed E-state index contributed by atoms with van der Waals surface area (Å²) in [5, 5.41) is 11.1. The molecule has 2 rings (SSSR count). The molecule has 2 aromatic carbocycles. The molecular formula is C15H12BrNO4. The Labute approximate surface area is 129 Å². The quantitative estimate of drug-likeness (QED) is 0.356. The molecule has 108 valence electrons. The van der Waals surface area contributed by atoms with Crippen molar-refractivity contribution in [2.24, 2.45) is 0 Å². The molecule has 0 N–H and O–H groups in total. The maximum atomic E-state index is 12.0. The van der Waals surface area contributed by atoms with E-state index in [-0.39, 0.29) is 12.3 Å². The third-order valence-electron chi connectivity index (χ3n) is 2.90. The summed E-state index contributed by atoms with van der Waals surface area (Å²) in [7, 11) is 0. The van der Waals surface area contributed by atoms with Gasteiger partial charge in [-0.1, -0.05) is 34.1 Å². The molecule has 0 aliphatic rings. The fourth-order valence-electron chi connectivity index (χ4n) is 1.78. The monoisotopic (exact) mass is 349 g/mol. The third-order valence-corrected chi connectivity index (χ3v) is 3.50. The Morgan fingerprint density at radius 3 is 2.43 bits per heavy atom. The van der Waals surface area contributed by atoms with Crippen molar-refractivity contribution in [3.8, 4) is 0 Å². The summed E-state index contributed by atoms with van der Waals surface area (Å²) >= 11 is 3.32. The molecule has 5 nitrogen and oxygen atoms in total. The summed E-state index contributed by atoms with van der Waals surface area (Å²) < 4.78 is 5.23. The van der Waals surface area contributed by atoms with Crippen LogP contribution in [0.25, 0.3) is 0 Å². The second-order valence-electron chi connectivity index (χ2n) is 4.29. The molecular weight excluding hydrogens is 338 g/mol. The topological polar surface area (TPSA) is 69.4 Å². The van der Waals surface area contributed by atoms with Crippen LogP contribution in [-0.2, 0) is 16.7 Å². The van der Waals surface area contributed by atoms with Crippen LogP contribution in [0, 0.1) is 10.1 Å². The fourth-order valence-corrected chi connectivity index (χ4v) is 2.27. The van der Waals surface area contributed by atoms with Gasteiger partial charge in [-0.25, -0.2) is 4.79 Å². The number of halogens is 1. The largest absolute Gasteiger partial charge is 0.457 e. The van der Waals surface area contributed by atoms with Crippen LogP contribution in [0.5, 0.6) is 0 Å². The van der Waals surface area contributed by atoms with Gasteiger partial charge in [0.05, 0.1) is 10.5 Å². The fraction of sp³-hybridized carbons (Fsp3) is 0.133. The third kappa shape index (κ3) is 3.88. The molecule has 2 aromatic rings. The van der Waals surface area contributed by atoms with Crippen molar-refractivity contribution in [1.82, 2.24) is 0 Å². The Morgan fingerprint density at radius 2 is 1.81 bits per heavy atom. The number of hydrogen-bond acceptors (Lipinski definition) is 4. The van der Waals surface area contributed by atoms with Gasteiger partial charge in [0.15, 0.2) is 0 Å². The van der Waals surface area contributed by atoms with Gasteiger partial charge in [-0.2, -0.15) is 0 Å². The SMILES string of the molecule is O=C(OCc1ccc([N+](=O)[O-])cc1)c1ccccc1CBr. The molecule has 0 aliphatic heterocycles. The van der Waals surface area contributed by atoms with Crippen LogP contribution in [0.2, 0.25) is 0 Å². The molecule has 0 aliphatic carbocycles. The Morgan fingerprint density at radius 1 is 1.14 bits per heavy atom. The average Bonchev–Trinajstić information content (AvgIpc) is 2.52. The zero-order valence-electron chi connectivity index (χ0n) is 11.0. The van der Waals surface area contributed by atoms with E-state index in [4.69, 9.17) is 4.74 Å². The molecule has 0 aromatic heterocycles. The minimum atomic E-state index is -0.470. The summed E-state index contributed by atoms with van der Waals surface area (Å²) in [5.74, 6) is -0.414. The number of benzene rings is 2. The summed E-state index contributed by atoms with van der Waals surface area (Å²) in [5.41, 5.74) is 2.07. The van der Waals surface area contributed by atoms with Crippen LogP contribution in [-0.4, -0.2) is 10.9 Å². The lowest BCUT2D eigenvalue weighted by Gasteiger charge is -2.08. The van der Waals surface area contributed by atoms with Gasteiger partial charge in [0.2, 0.25) is 0 Å². The van der Waals surface area contributed by atoms with E-state index >= 15 is 0 Å². The maximum absolute atomic E-state index is 12.0. The molecule has 0 fully saturated rings. The first-order valence-corrected chi connectivity index (χ1v) is 7.28. The van der Waals surface area contributed by atoms with Crippen molar-refractivity contribution in [3.05, 3.63) is 75.3 Å². The molecule has 0 saturated heterocycles. The highest BCUT2D eigenvalue weighted by Gasteiger charge is 2.12. The van der Waals surface area contributed by atoms with E-state index in [1.54, 1.807) is 24.3 Å². The molecule has 21 heavy (non-hydrogen) atoms. The van der Waals surface area contributed by atoms with Gasteiger partial charge in [-0.3, -0.25) is 10.1 Å². The molecule has 0 radical (unpaired) electrons. The van der Waals surface area contributed by atoms with Gasteiger partial charge in [0.1, 0.15) is 6.61 Å². The minimum Gasteiger partial charge on any atom is -0.457 e. The van der Waals surface area contributed by atoms with Gasteiger partial charge >= 0.3 is 5.97 Å². The molecule has 6 heteroatoms. The first-order valence-electron chi connectivity index (χ1n) is 6.16. The number of nitro benzene ring substituents is 1. The molecule has 0 amide bonds. The van der Waals surface area contributed by atoms with E-state index in [1.807, 2.05) is 12.1 Å². The predicted molar refractivity (Wildman–Crippen MR) is 81.3 cm³/mol. The Bertz CT molecular complexity index is 655. The van der Waals surface area contributed by atoms with Crippen molar-refractivity contribution in [2.45, 2.75) is 11.9 Å². The molecule has 0 atom stereocenters. The van der Waals surface area contributed by atoms with E-state index in [9.17, 15) is 14.9 Å². The molecule has 0 spiro atoms. The van der Waals surface area contributed by atoms with E-state index in [2.05, 4.69) is 15.9 Å².